The van der Waals surface area contributed by atoms with Crippen molar-refractivity contribution in [2.75, 3.05) is 23.2 Å². The van der Waals surface area contributed by atoms with Gasteiger partial charge in [-0.25, -0.2) is 8.42 Å². The highest BCUT2D eigenvalue weighted by molar-refractivity contribution is 7.93. The molecule has 1 fully saturated rings. The van der Waals surface area contributed by atoms with Crippen LogP contribution in [0.5, 0.6) is 0 Å². The minimum absolute atomic E-state index is 0.204. The maximum absolute atomic E-state index is 11.8. The smallest absolute Gasteiger partial charge is 0.235 e. The Morgan fingerprint density at radius 1 is 1.32 bits per heavy atom. The van der Waals surface area contributed by atoms with E-state index in [1.807, 2.05) is 0 Å². The first-order chi connectivity index (χ1) is 9.01. The molecule has 19 heavy (non-hydrogen) atoms. The molecule has 0 amide bonds. The zero-order valence-electron chi connectivity index (χ0n) is 10.4. The van der Waals surface area contributed by atoms with Crippen LogP contribution >= 0.6 is 0 Å². The van der Waals surface area contributed by atoms with Crippen LogP contribution in [-0.4, -0.2) is 43.1 Å². The van der Waals surface area contributed by atoms with E-state index in [0.29, 0.717) is 11.4 Å². The van der Waals surface area contributed by atoms with E-state index in [-0.39, 0.29) is 18.4 Å². The molecular weight excluding hydrogens is 268 g/mol. The molecule has 7 heteroatoms. The van der Waals surface area contributed by atoms with Crippen LogP contribution in [0.2, 0.25) is 0 Å². The molecule has 0 aliphatic heterocycles. The average Bonchev–Trinajstić information content (AvgIpc) is 3.20. The van der Waals surface area contributed by atoms with Crippen LogP contribution in [-0.2, 0) is 10.0 Å². The van der Waals surface area contributed by atoms with Gasteiger partial charge in [0.15, 0.2) is 0 Å². The van der Waals surface area contributed by atoms with Gasteiger partial charge in [0.25, 0.3) is 0 Å². The summed E-state index contributed by atoms with van der Waals surface area (Å²) in [5.41, 5.74) is 1.18. The normalized spacial score (nSPS) is 16.9. The van der Waals surface area contributed by atoms with Crippen LogP contribution in [0.15, 0.2) is 24.3 Å². The van der Waals surface area contributed by atoms with Gasteiger partial charge >= 0.3 is 0 Å². The highest BCUT2D eigenvalue weighted by atomic mass is 32.2. The summed E-state index contributed by atoms with van der Waals surface area (Å²) in [5, 5.41) is 20.6. The summed E-state index contributed by atoms with van der Waals surface area (Å²) in [6.45, 7) is -0.115. The van der Waals surface area contributed by atoms with Crippen molar-refractivity contribution in [1.82, 2.24) is 0 Å². The average molecular weight is 286 g/mol. The summed E-state index contributed by atoms with van der Waals surface area (Å²) in [4.78, 5) is 0. The van der Waals surface area contributed by atoms with Crippen molar-refractivity contribution < 1.29 is 18.6 Å². The van der Waals surface area contributed by atoms with Crippen LogP contribution in [0.4, 0.5) is 11.4 Å². The first kappa shape index (κ1) is 14.1. The molecule has 4 N–H and O–H groups in total. The zero-order valence-corrected chi connectivity index (χ0v) is 11.2. The fraction of sp³-hybridized carbons (Fsp3) is 0.500. The van der Waals surface area contributed by atoms with Crippen LogP contribution < -0.4 is 10.0 Å². The Morgan fingerprint density at radius 3 is 2.63 bits per heavy atom. The zero-order chi connectivity index (χ0) is 13.9. The summed E-state index contributed by atoms with van der Waals surface area (Å²) < 4.78 is 26.1. The Morgan fingerprint density at radius 2 is 2.00 bits per heavy atom. The first-order valence-corrected chi connectivity index (χ1v) is 7.70. The van der Waals surface area contributed by atoms with E-state index in [9.17, 15) is 13.5 Å². The lowest BCUT2D eigenvalue weighted by atomic mass is 10.2. The second-order valence-electron chi connectivity index (χ2n) is 4.64. The lowest BCUT2D eigenvalue weighted by molar-refractivity contribution is 0.105. The van der Waals surface area contributed by atoms with Gasteiger partial charge in [-0.15, -0.1) is 0 Å². The Hall–Kier alpha value is -1.31. The van der Waals surface area contributed by atoms with Gasteiger partial charge in [-0.3, -0.25) is 4.72 Å². The SMILES string of the molecule is O=S(=O)(Nc1cccc(NCC(O)CO)c1)C1CC1. The van der Waals surface area contributed by atoms with Gasteiger partial charge in [0.2, 0.25) is 10.0 Å². The Kier molecular flexibility index (Phi) is 4.28. The molecule has 1 saturated carbocycles. The third kappa shape index (κ3) is 4.09. The van der Waals surface area contributed by atoms with E-state index in [1.54, 1.807) is 24.3 Å². The van der Waals surface area contributed by atoms with Gasteiger partial charge in [-0.1, -0.05) is 6.07 Å². The molecule has 106 valence electrons. The monoisotopic (exact) mass is 286 g/mol. The van der Waals surface area contributed by atoms with E-state index in [0.717, 1.165) is 12.8 Å². The maximum atomic E-state index is 11.8. The van der Waals surface area contributed by atoms with E-state index in [1.165, 1.54) is 0 Å². The highest BCUT2D eigenvalue weighted by Crippen LogP contribution is 2.30. The molecule has 1 aliphatic rings. The first-order valence-electron chi connectivity index (χ1n) is 6.16. The van der Waals surface area contributed by atoms with E-state index >= 15 is 0 Å². The number of hydrogen-bond donors (Lipinski definition) is 4. The molecule has 0 saturated heterocycles. The van der Waals surface area contributed by atoms with Gasteiger partial charge in [-0.2, -0.15) is 0 Å². The lowest BCUT2D eigenvalue weighted by Gasteiger charge is -2.12. The number of nitrogens with one attached hydrogen (secondary N) is 2. The molecule has 6 nitrogen and oxygen atoms in total. The van der Waals surface area contributed by atoms with E-state index in [2.05, 4.69) is 10.0 Å². The molecule has 1 aromatic rings. The van der Waals surface area contributed by atoms with Gasteiger partial charge in [0, 0.05) is 12.2 Å². The minimum atomic E-state index is -3.26. The molecular formula is C12H18N2O4S. The van der Waals surface area contributed by atoms with E-state index in [4.69, 9.17) is 5.11 Å². The summed E-state index contributed by atoms with van der Waals surface area (Å²) in [7, 11) is -3.26. The Labute approximate surface area is 112 Å². The summed E-state index contributed by atoms with van der Waals surface area (Å²) in [6, 6.07) is 6.81. The maximum Gasteiger partial charge on any atom is 0.235 e. The van der Waals surface area contributed by atoms with Crippen molar-refractivity contribution in [3.63, 3.8) is 0 Å². The van der Waals surface area contributed by atoms with E-state index < -0.39 is 16.1 Å². The number of sulfonamides is 1. The highest BCUT2D eigenvalue weighted by Gasteiger charge is 2.35. The largest absolute Gasteiger partial charge is 0.394 e. The lowest BCUT2D eigenvalue weighted by Crippen LogP contribution is -2.23. The third-order valence-electron chi connectivity index (χ3n) is 2.84. The fourth-order valence-corrected chi connectivity index (χ4v) is 3.00. The standard InChI is InChI=1S/C12H18N2O4S/c15-8-11(16)7-13-9-2-1-3-10(6-9)14-19(17,18)12-4-5-12/h1-3,6,11-16H,4-5,7-8H2. The number of benzene rings is 1. The molecule has 0 spiro atoms. The third-order valence-corrected chi connectivity index (χ3v) is 4.71. The van der Waals surface area contributed by atoms with Crippen LogP contribution in [0, 0.1) is 0 Å². The second kappa shape index (κ2) is 5.77. The van der Waals surface area contributed by atoms with Crippen molar-refractivity contribution in [2.45, 2.75) is 24.2 Å². The molecule has 0 bridgehead atoms. The van der Waals surface area contributed by atoms with Crippen molar-refractivity contribution in [3.8, 4) is 0 Å². The van der Waals surface area contributed by atoms with Crippen molar-refractivity contribution in [2.24, 2.45) is 0 Å². The van der Waals surface area contributed by atoms with Crippen LogP contribution in [0.25, 0.3) is 0 Å². The van der Waals surface area contributed by atoms with Crippen LogP contribution in [0.3, 0.4) is 0 Å². The summed E-state index contributed by atoms with van der Waals surface area (Å²) in [5.74, 6) is 0. The predicted octanol–water partition coefficient (Wildman–Crippen LogP) is 0.356. The number of aliphatic hydroxyl groups excluding tert-OH is 2. The van der Waals surface area contributed by atoms with Crippen molar-refractivity contribution in [1.29, 1.82) is 0 Å². The van der Waals surface area contributed by atoms with Gasteiger partial charge in [0.1, 0.15) is 0 Å². The van der Waals surface area contributed by atoms with Gasteiger partial charge in [0.05, 0.1) is 23.6 Å². The number of aliphatic hydroxyl groups is 2. The fourth-order valence-electron chi connectivity index (χ4n) is 1.62. The van der Waals surface area contributed by atoms with Gasteiger partial charge in [-0.05, 0) is 31.0 Å². The summed E-state index contributed by atoms with van der Waals surface area (Å²) >= 11 is 0. The molecule has 0 heterocycles. The topological polar surface area (TPSA) is 98.7 Å². The molecule has 2 rings (SSSR count). The molecule has 1 aromatic carbocycles. The molecule has 0 aromatic heterocycles. The Balaban J connectivity index is 1.98. The number of hydrogen-bond acceptors (Lipinski definition) is 5. The van der Waals surface area contributed by atoms with Gasteiger partial charge < -0.3 is 15.5 Å². The number of rotatable bonds is 7. The summed E-state index contributed by atoms with van der Waals surface area (Å²) in [6.07, 6.45) is 0.596. The molecule has 1 unspecified atom stereocenters. The number of anilines is 2. The Bertz CT molecular complexity index is 528. The minimum Gasteiger partial charge on any atom is -0.394 e. The molecule has 1 aliphatic carbocycles. The quantitative estimate of drug-likeness (QED) is 0.580. The van der Waals surface area contributed by atoms with Crippen molar-refractivity contribution >= 4 is 21.4 Å². The molecule has 0 radical (unpaired) electrons. The second-order valence-corrected chi connectivity index (χ2v) is 6.61. The molecule has 1 atom stereocenters. The van der Waals surface area contributed by atoms with Crippen LogP contribution in [0.1, 0.15) is 12.8 Å². The van der Waals surface area contributed by atoms with Crippen molar-refractivity contribution in [3.05, 3.63) is 24.3 Å². The predicted molar refractivity (Wildman–Crippen MR) is 73.6 cm³/mol.